The predicted molar refractivity (Wildman–Crippen MR) is 236 cm³/mol. The standard InChI is InChI=1S/C54H41N/c1-5-14-42(15-6-1)45(26-23-41-24-27-46(28-25-41)43-16-7-2-8-17-43)22-13-39-55-52-37-38-53(54(40-52)50-20-11-4-12-21-50)51-35-33-49(34-36-51)48-31-29-47(30-32-48)44-18-9-3-10-19-44/h1-40,55H/b26-23-,39-13+,45-22+. The van der Waals surface area contributed by atoms with Crippen LogP contribution in [0.25, 0.3) is 67.3 Å². The van der Waals surface area contributed by atoms with Crippen LogP contribution >= 0.6 is 0 Å². The van der Waals surface area contributed by atoms with Gasteiger partial charge in [0.15, 0.2) is 0 Å². The number of hydrogen-bond acceptors (Lipinski definition) is 1. The highest BCUT2D eigenvalue weighted by Crippen LogP contribution is 2.36. The lowest BCUT2D eigenvalue weighted by Crippen LogP contribution is -1.91. The molecule has 262 valence electrons. The zero-order valence-corrected chi connectivity index (χ0v) is 30.6. The van der Waals surface area contributed by atoms with E-state index in [0.29, 0.717) is 0 Å². The fourth-order valence-corrected chi connectivity index (χ4v) is 6.85. The van der Waals surface area contributed by atoms with Crippen molar-refractivity contribution >= 4 is 17.3 Å². The van der Waals surface area contributed by atoms with E-state index in [0.717, 1.165) is 22.4 Å². The molecule has 0 atom stereocenters. The van der Waals surface area contributed by atoms with Crippen LogP contribution in [-0.4, -0.2) is 0 Å². The second-order valence-corrected chi connectivity index (χ2v) is 13.5. The zero-order valence-electron chi connectivity index (χ0n) is 30.6. The first kappa shape index (κ1) is 34.8. The van der Waals surface area contributed by atoms with E-state index in [-0.39, 0.29) is 0 Å². The molecule has 0 bridgehead atoms. The third-order valence-corrected chi connectivity index (χ3v) is 9.83. The Morgan fingerprint density at radius 2 is 0.782 bits per heavy atom. The van der Waals surface area contributed by atoms with E-state index in [1.54, 1.807) is 0 Å². The van der Waals surface area contributed by atoms with E-state index in [4.69, 9.17) is 0 Å². The van der Waals surface area contributed by atoms with Gasteiger partial charge in [0, 0.05) is 11.9 Å². The van der Waals surface area contributed by atoms with Gasteiger partial charge in [-0.05, 0) is 90.5 Å². The number of allylic oxidation sites excluding steroid dienone is 4. The van der Waals surface area contributed by atoms with Gasteiger partial charge in [-0.25, -0.2) is 0 Å². The summed E-state index contributed by atoms with van der Waals surface area (Å²) in [4.78, 5) is 0. The summed E-state index contributed by atoms with van der Waals surface area (Å²) in [5, 5.41) is 3.53. The van der Waals surface area contributed by atoms with Crippen LogP contribution in [0.15, 0.2) is 237 Å². The molecule has 0 aliphatic heterocycles. The van der Waals surface area contributed by atoms with Crippen LogP contribution < -0.4 is 5.32 Å². The lowest BCUT2D eigenvalue weighted by molar-refractivity contribution is 1.53. The number of anilines is 1. The number of benzene rings is 8. The molecule has 1 heteroatoms. The van der Waals surface area contributed by atoms with Crippen LogP contribution in [0.5, 0.6) is 0 Å². The van der Waals surface area contributed by atoms with Crippen molar-refractivity contribution in [2.45, 2.75) is 0 Å². The van der Waals surface area contributed by atoms with Crippen LogP contribution in [0.1, 0.15) is 11.1 Å². The minimum Gasteiger partial charge on any atom is -0.362 e. The fraction of sp³-hybridized carbons (Fsp3) is 0. The lowest BCUT2D eigenvalue weighted by atomic mass is 9.92. The Morgan fingerprint density at radius 3 is 1.31 bits per heavy atom. The summed E-state index contributed by atoms with van der Waals surface area (Å²) in [6.07, 6.45) is 10.6. The molecule has 0 aliphatic rings. The summed E-state index contributed by atoms with van der Waals surface area (Å²) in [7, 11) is 0. The van der Waals surface area contributed by atoms with Crippen molar-refractivity contribution in [2.75, 3.05) is 5.32 Å². The Balaban J connectivity index is 1.01. The summed E-state index contributed by atoms with van der Waals surface area (Å²) in [5.41, 5.74) is 16.5. The SMILES string of the molecule is C(=C/c1ccc(-c2ccccc2)cc1)/C(=C\C=C\Nc1ccc(-c2ccc(-c3ccc(-c4ccccc4)cc3)cc2)c(-c2ccccc2)c1)c1ccccc1. The maximum absolute atomic E-state index is 3.53. The molecule has 8 rings (SSSR count). The molecule has 0 unspecified atom stereocenters. The Morgan fingerprint density at radius 1 is 0.364 bits per heavy atom. The van der Waals surface area contributed by atoms with E-state index in [1.165, 1.54) is 55.6 Å². The van der Waals surface area contributed by atoms with Gasteiger partial charge in [-0.15, -0.1) is 0 Å². The first-order valence-electron chi connectivity index (χ1n) is 18.7. The smallest absolute Gasteiger partial charge is 0.0386 e. The molecule has 0 fully saturated rings. The van der Waals surface area contributed by atoms with Crippen molar-refractivity contribution in [3.8, 4) is 55.6 Å². The third kappa shape index (κ3) is 8.71. The van der Waals surface area contributed by atoms with Gasteiger partial charge in [0.05, 0.1) is 0 Å². The van der Waals surface area contributed by atoms with Crippen molar-refractivity contribution in [1.82, 2.24) is 0 Å². The largest absolute Gasteiger partial charge is 0.362 e. The van der Waals surface area contributed by atoms with E-state index >= 15 is 0 Å². The lowest BCUT2D eigenvalue weighted by Gasteiger charge is -2.14. The van der Waals surface area contributed by atoms with Gasteiger partial charge in [-0.3, -0.25) is 0 Å². The summed E-state index contributed by atoms with van der Waals surface area (Å²) >= 11 is 0. The Hall–Kier alpha value is -7.22. The minimum atomic E-state index is 1.03. The monoisotopic (exact) mass is 703 g/mol. The Bertz CT molecular complexity index is 2530. The van der Waals surface area contributed by atoms with Crippen LogP contribution in [0.3, 0.4) is 0 Å². The van der Waals surface area contributed by atoms with Crippen molar-refractivity contribution in [3.05, 3.63) is 248 Å². The van der Waals surface area contributed by atoms with Gasteiger partial charge in [0.2, 0.25) is 0 Å². The quantitative estimate of drug-likeness (QED) is 0.132. The van der Waals surface area contributed by atoms with Crippen LogP contribution in [-0.2, 0) is 0 Å². The second-order valence-electron chi connectivity index (χ2n) is 13.5. The van der Waals surface area contributed by atoms with E-state index in [1.807, 2.05) is 12.3 Å². The van der Waals surface area contributed by atoms with Crippen molar-refractivity contribution in [1.29, 1.82) is 0 Å². The van der Waals surface area contributed by atoms with Crippen molar-refractivity contribution in [3.63, 3.8) is 0 Å². The average Bonchev–Trinajstić information content (AvgIpc) is 3.27. The van der Waals surface area contributed by atoms with Crippen LogP contribution in [0.4, 0.5) is 5.69 Å². The molecule has 55 heavy (non-hydrogen) atoms. The van der Waals surface area contributed by atoms with Gasteiger partial charge >= 0.3 is 0 Å². The Labute approximate surface area is 325 Å². The predicted octanol–water partition coefficient (Wildman–Crippen LogP) is 14.7. The molecule has 0 amide bonds. The number of hydrogen-bond donors (Lipinski definition) is 1. The summed E-state index contributed by atoms with van der Waals surface area (Å²) in [6.45, 7) is 0. The van der Waals surface area contributed by atoms with Gasteiger partial charge in [0.25, 0.3) is 0 Å². The molecule has 8 aromatic rings. The highest BCUT2D eigenvalue weighted by atomic mass is 14.8. The molecule has 8 aromatic carbocycles. The van der Waals surface area contributed by atoms with Gasteiger partial charge in [0.1, 0.15) is 0 Å². The maximum Gasteiger partial charge on any atom is 0.0386 e. The molecule has 1 N–H and O–H groups in total. The molecule has 1 nitrogen and oxygen atoms in total. The van der Waals surface area contributed by atoms with Gasteiger partial charge < -0.3 is 5.32 Å². The Kier molecular flexibility index (Phi) is 10.8. The molecular weight excluding hydrogens is 663 g/mol. The van der Waals surface area contributed by atoms with E-state index in [2.05, 4.69) is 236 Å². The summed E-state index contributed by atoms with van der Waals surface area (Å²) in [6, 6.07) is 75.2. The van der Waals surface area contributed by atoms with E-state index < -0.39 is 0 Å². The molecule has 0 saturated heterocycles. The van der Waals surface area contributed by atoms with Gasteiger partial charge in [-0.1, -0.05) is 218 Å². The topological polar surface area (TPSA) is 12.0 Å². The van der Waals surface area contributed by atoms with Crippen LogP contribution in [0, 0.1) is 0 Å². The summed E-state index contributed by atoms with van der Waals surface area (Å²) < 4.78 is 0. The number of rotatable bonds is 11. The molecular formula is C54H41N. The highest BCUT2D eigenvalue weighted by Gasteiger charge is 2.10. The fourth-order valence-electron chi connectivity index (χ4n) is 6.85. The average molecular weight is 704 g/mol. The highest BCUT2D eigenvalue weighted by molar-refractivity contribution is 5.87. The van der Waals surface area contributed by atoms with E-state index in [9.17, 15) is 0 Å². The molecule has 0 aromatic heterocycles. The van der Waals surface area contributed by atoms with Crippen LogP contribution in [0.2, 0.25) is 0 Å². The molecule has 0 radical (unpaired) electrons. The third-order valence-electron chi connectivity index (χ3n) is 9.83. The maximum atomic E-state index is 3.53. The van der Waals surface area contributed by atoms with Gasteiger partial charge in [-0.2, -0.15) is 0 Å². The molecule has 0 spiro atoms. The molecule has 0 saturated carbocycles. The first-order valence-corrected chi connectivity index (χ1v) is 18.7. The number of nitrogens with one attached hydrogen (secondary N) is 1. The normalized spacial score (nSPS) is 11.6. The second kappa shape index (κ2) is 17.1. The van der Waals surface area contributed by atoms with Crippen molar-refractivity contribution < 1.29 is 0 Å². The minimum absolute atomic E-state index is 1.03. The summed E-state index contributed by atoms with van der Waals surface area (Å²) in [5.74, 6) is 0. The molecule has 0 aliphatic carbocycles. The first-order chi connectivity index (χ1) is 27.3. The molecule has 0 heterocycles. The zero-order chi connectivity index (χ0) is 37.1. The van der Waals surface area contributed by atoms with Crippen molar-refractivity contribution in [2.24, 2.45) is 0 Å².